The first kappa shape index (κ1) is 21.5. The predicted molar refractivity (Wildman–Crippen MR) is 133 cm³/mol. The molecule has 0 saturated heterocycles. The molecule has 180 valence electrons. The Morgan fingerprint density at radius 3 is 2.31 bits per heavy atom. The quantitative estimate of drug-likeness (QED) is 0.319. The number of hydrogen-bond donors (Lipinski definition) is 0. The number of rotatable bonds is 4. The minimum Gasteiger partial charge on any atom is -0.456 e. The molecule has 2 aromatic carbocycles. The number of ether oxygens (including phenoxy) is 1. The molecule has 0 N–H and O–H groups in total. The average molecular weight is 469 g/mol. The molecule has 0 radical (unpaired) electrons. The summed E-state index contributed by atoms with van der Waals surface area (Å²) in [6, 6.07) is 12.0. The maximum Gasteiger partial charge on any atom is 0.339 e. The second-order valence-corrected chi connectivity index (χ2v) is 12.1. The molecule has 2 aromatic rings. The molecule has 4 fully saturated rings. The maximum absolute atomic E-state index is 13.4. The summed E-state index contributed by atoms with van der Waals surface area (Å²) in [4.78, 5) is 39.5. The predicted octanol–water partition coefficient (Wildman–Crippen LogP) is 5.89. The number of carbonyl (C=O) groups is 3. The lowest BCUT2D eigenvalue weighted by molar-refractivity contribution is -0.125. The molecule has 4 saturated carbocycles. The Bertz CT molecular complexity index is 1300. The normalized spacial score (nSPS) is 35.4. The molecular weight excluding hydrogens is 436 g/mol. The van der Waals surface area contributed by atoms with E-state index in [0.29, 0.717) is 23.0 Å². The van der Waals surface area contributed by atoms with Crippen molar-refractivity contribution in [2.45, 2.75) is 57.5 Å². The van der Waals surface area contributed by atoms with E-state index < -0.39 is 5.60 Å². The first-order chi connectivity index (χ1) is 16.9. The average Bonchev–Trinajstić information content (AvgIpc) is 3.66. The van der Waals surface area contributed by atoms with Gasteiger partial charge >= 0.3 is 5.97 Å². The molecule has 7 rings (SSSR count). The standard InChI is InChI=1S/C31H32O4/c1-31(2,16-7-3-4-8-16)35-30(34)20-12-6-9-17-18(20)10-5-11-19(17)23-15-24-25-21-13-14-22(28(21)32)26(25)27(23)29(24)33/h5-6,9-14,16,21-27H,3-4,7-8,15H2,1-2H3. The van der Waals surface area contributed by atoms with E-state index in [1.54, 1.807) is 0 Å². The van der Waals surface area contributed by atoms with E-state index in [9.17, 15) is 14.4 Å². The highest BCUT2D eigenvalue weighted by Crippen LogP contribution is 2.66. The van der Waals surface area contributed by atoms with Crippen molar-refractivity contribution in [2.75, 3.05) is 0 Å². The van der Waals surface area contributed by atoms with E-state index in [1.807, 2.05) is 38.1 Å². The van der Waals surface area contributed by atoms with Gasteiger partial charge in [0.15, 0.2) is 0 Å². The molecule has 5 aliphatic carbocycles. The molecule has 0 aromatic heterocycles. The summed E-state index contributed by atoms with van der Waals surface area (Å²) in [7, 11) is 0. The molecular formula is C31H32O4. The fraction of sp³-hybridized carbons (Fsp3) is 0.516. The Labute approximate surface area is 206 Å². The summed E-state index contributed by atoms with van der Waals surface area (Å²) in [5, 5.41) is 1.93. The van der Waals surface area contributed by atoms with E-state index in [1.165, 1.54) is 12.8 Å². The third kappa shape index (κ3) is 2.89. The van der Waals surface area contributed by atoms with E-state index in [2.05, 4.69) is 24.3 Å². The van der Waals surface area contributed by atoms with Gasteiger partial charge < -0.3 is 4.74 Å². The Kier molecular flexibility index (Phi) is 4.54. The van der Waals surface area contributed by atoms with Crippen molar-refractivity contribution >= 4 is 28.3 Å². The van der Waals surface area contributed by atoms with Gasteiger partial charge in [-0.3, -0.25) is 9.59 Å². The zero-order valence-corrected chi connectivity index (χ0v) is 20.4. The van der Waals surface area contributed by atoms with Crippen molar-refractivity contribution in [2.24, 2.45) is 41.4 Å². The van der Waals surface area contributed by atoms with E-state index in [0.717, 1.165) is 35.6 Å². The molecule has 0 heterocycles. The van der Waals surface area contributed by atoms with Crippen LogP contribution in [-0.4, -0.2) is 23.1 Å². The first-order valence-corrected chi connectivity index (χ1v) is 13.4. The van der Waals surface area contributed by atoms with Crippen molar-refractivity contribution in [1.82, 2.24) is 0 Å². The highest BCUT2D eigenvalue weighted by atomic mass is 16.6. The molecule has 35 heavy (non-hydrogen) atoms. The van der Waals surface area contributed by atoms with Gasteiger partial charge in [-0.25, -0.2) is 4.79 Å². The fourth-order valence-electron chi connectivity index (χ4n) is 8.69. The number of hydrogen-bond acceptors (Lipinski definition) is 4. The molecule has 0 aliphatic heterocycles. The van der Waals surface area contributed by atoms with E-state index >= 15 is 0 Å². The summed E-state index contributed by atoms with van der Waals surface area (Å²) in [5.74, 6) is 1.10. The van der Waals surface area contributed by atoms with Crippen LogP contribution < -0.4 is 0 Å². The third-order valence-electron chi connectivity index (χ3n) is 10.2. The number of carbonyl (C=O) groups excluding carboxylic acids is 3. The third-order valence-corrected chi connectivity index (χ3v) is 10.2. The van der Waals surface area contributed by atoms with E-state index in [-0.39, 0.29) is 47.4 Å². The topological polar surface area (TPSA) is 60.4 Å². The summed E-state index contributed by atoms with van der Waals surface area (Å²) >= 11 is 0. The van der Waals surface area contributed by atoms with Gasteiger partial charge in [-0.05, 0) is 79.2 Å². The van der Waals surface area contributed by atoms with Gasteiger partial charge in [0, 0.05) is 23.7 Å². The molecule has 7 unspecified atom stereocenters. The van der Waals surface area contributed by atoms with Crippen LogP contribution in [0.5, 0.6) is 0 Å². The lowest BCUT2D eigenvalue weighted by Gasteiger charge is -2.35. The summed E-state index contributed by atoms with van der Waals surface area (Å²) < 4.78 is 6.11. The lowest BCUT2D eigenvalue weighted by atomic mass is 9.67. The molecule has 4 nitrogen and oxygen atoms in total. The zero-order valence-electron chi connectivity index (χ0n) is 20.4. The van der Waals surface area contributed by atoms with Crippen LogP contribution >= 0.6 is 0 Å². The summed E-state index contributed by atoms with van der Waals surface area (Å²) in [6.07, 6.45) is 9.56. The zero-order chi connectivity index (χ0) is 24.1. The minimum absolute atomic E-state index is 0.00508. The van der Waals surface area contributed by atoms with Crippen LogP contribution in [0.1, 0.15) is 67.8 Å². The van der Waals surface area contributed by atoms with Crippen LogP contribution in [0.25, 0.3) is 10.8 Å². The Morgan fingerprint density at radius 2 is 1.54 bits per heavy atom. The molecule has 0 amide bonds. The molecule has 0 spiro atoms. The van der Waals surface area contributed by atoms with Gasteiger partial charge in [0.1, 0.15) is 17.2 Å². The van der Waals surface area contributed by atoms with Crippen LogP contribution in [0.15, 0.2) is 48.6 Å². The van der Waals surface area contributed by atoms with Crippen LogP contribution in [-0.2, 0) is 14.3 Å². The number of esters is 1. The largest absolute Gasteiger partial charge is 0.456 e. The second-order valence-electron chi connectivity index (χ2n) is 12.1. The van der Waals surface area contributed by atoms with Crippen molar-refractivity contribution < 1.29 is 19.1 Å². The summed E-state index contributed by atoms with van der Waals surface area (Å²) in [6.45, 7) is 4.08. The number of fused-ring (bicyclic) bond motifs is 10. The molecule has 4 bridgehead atoms. The molecule has 7 atom stereocenters. The van der Waals surface area contributed by atoms with Gasteiger partial charge in [0.25, 0.3) is 0 Å². The van der Waals surface area contributed by atoms with Crippen molar-refractivity contribution in [1.29, 1.82) is 0 Å². The van der Waals surface area contributed by atoms with Crippen LogP contribution in [0.4, 0.5) is 0 Å². The van der Waals surface area contributed by atoms with Gasteiger partial charge in [-0.15, -0.1) is 0 Å². The smallest absolute Gasteiger partial charge is 0.339 e. The number of Topliss-reactive ketones (excluding diaryl/α,β-unsaturated/α-hetero) is 2. The number of benzene rings is 2. The lowest BCUT2D eigenvalue weighted by Crippen LogP contribution is -2.35. The van der Waals surface area contributed by atoms with Gasteiger partial charge in [-0.2, -0.15) is 0 Å². The first-order valence-electron chi connectivity index (χ1n) is 13.4. The van der Waals surface area contributed by atoms with Crippen LogP contribution in [0.2, 0.25) is 0 Å². The SMILES string of the molecule is CC(C)(OC(=O)c1cccc2c(C3CC4C(=O)C3C3C5C=CC(C5=O)C43)cccc12)C1CCCC1. The highest BCUT2D eigenvalue weighted by Gasteiger charge is 2.68. The second kappa shape index (κ2) is 7.38. The highest BCUT2D eigenvalue weighted by molar-refractivity contribution is 6.06. The Morgan fingerprint density at radius 1 is 0.857 bits per heavy atom. The van der Waals surface area contributed by atoms with Crippen molar-refractivity contribution in [3.63, 3.8) is 0 Å². The Balaban J connectivity index is 1.24. The monoisotopic (exact) mass is 468 g/mol. The van der Waals surface area contributed by atoms with Crippen molar-refractivity contribution in [3.05, 3.63) is 59.7 Å². The number of allylic oxidation sites excluding steroid dienone is 2. The van der Waals surface area contributed by atoms with Gasteiger partial charge in [0.2, 0.25) is 0 Å². The van der Waals surface area contributed by atoms with Gasteiger partial charge in [0.05, 0.1) is 5.56 Å². The fourth-order valence-corrected chi connectivity index (χ4v) is 8.69. The summed E-state index contributed by atoms with van der Waals surface area (Å²) in [5.41, 5.74) is 1.26. The minimum atomic E-state index is -0.485. The van der Waals surface area contributed by atoms with Crippen LogP contribution in [0, 0.1) is 41.4 Å². The molecule has 4 heteroatoms. The molecule has 5 aliphatic rings. The Hall–Kier alpha value is -2.75. The van der Waals surface area contributed by atoms with Gasteiger partial charge in [-0.1, -0.05) is 55.3 Å². The van der Waals surface area contributed by atoms with E-state index in [4.69, 9.17) is 4.74 Å². The van der Waals surface area contributed by atoms with Crippen LogP contribution in [0.3, 0.4) is 0 Å². The van der Waals surface area contributed by atoms with Crippen molar-refractivity contribution in [3.8, 4) is 0 Å². The maximum atomic E-state index is 13.4. The number of ketones is 2.